The van der Waals surface area contributed by atoms with Crippen LogP contribution in [-0.2, 0) is 11.3 Å². The quantitative estimate of drug-likeness (QED) is 0.825. The molecule has 19 heavy (non-hydrogen) atoms. The van der Waals surface area contributed by atoms with E-state index in [1.807, 2.05) is 11.9 Å². The first-order valence-corrected chi connectivity index (χ1v) is 6.58. The van der Waals surface area contributed by atoms with Gasteiger partial charge in [-0.25, -0.2) is 9.97 Å². The second-order valence-corrected chi connectivity index (χ2v) is 5.29. The van der Waals surface area contributed by atoms with Gasteiger partial charge in [0.1, 0.15) is 18.2 Å². The van der Waals surface area contributed by atoms with Crippen LogP contribution in [0, 0.1) is 0 Å². The van der Waals surface area contributed by atoms with Gasteiger partial charge in [0.25, 0.3) is 0 Å². The Morgan fingerprint density at radius 3 is 2.74 bits per heavy atom. The molecule has 0 radical (unpaired) electrons. The molecular formula is C13H22N4O2. The lowest BCUT2D eigenvalue weighted by Crippen LogP contribution is -2.39. The molecule has 0 aliphatic heterocycles. The summed E-state index contributed by atoms with van der Waals surface area (Å²) < 4.78 is 5.02. The molecule has 1 aliphatic rings. The van der Waals surface area contributed by atoms with Gasteiger partial charge in [-0.05, 0) is 12.8 Å². The van der Waals surface area contributed by atoms with E-state index in [-0.39, 0.29) is 0 Å². The van der Waals surface area contributed by atoms with Crippen molar-refractivity contribution in [1.82, 2.24) is 9.97 Å². The molecule has 0 spiro atoms. The lowest BCUT2D eigenvalue weighted by molar-refractivity contribution is 0.0557. The zero-order valence-corrected chi connectivity index (χ0v) is 11.6. The van der Waals surface area contributed by atoms with Gasteiger partial charge < -0.3 is 20.5 Å². The Morgan fingerprint density at radius 1 is 1.42 bits per heavy atom. The number of nitrogen functional groups attached to an aromatic ring is 1. The van der Waals surface area contributed by atoms with Gasteiger partial charge in [0, 0.05) is 26.8 Å². The van der Waals surface area contributed by atoms with Crippen LogP contribution in [0.25, 0.3) is 0 Å². The Balaban J connectivity index is 2.11. The minimum atomic E-state index is -0.601. The van der Waals surface area contributed by atoms with Crippen molar-refractivity contribution in [1.29, 1.82) is 0 Å². The van der Waals surface area contributed by atoms with Gasteiger partial charge in [0.2, 0.25) is 0 Å². The highest BCUT2D eigenvalue weighted by molar-refractivity contribution is 5.46. The van der Waals surface area contributed by atoms with Crippen molar-refractivity contribution in [3.05, 3.63) is 11.9 Å². The smallest absolute Gasteiger partial charge is 0.158 e. The van der Waals surface area contributed by atoms with E-state index < -0.39 is 5.60 Å². The zero-order chi connectivity index (χ0) is 13.9. The van der Waals surface area contributed by atoms with Crippen LogP contribution in [0.5, 0.6) is 0 Å². The van der Waals surface area contributed by atoms with Crippen LogP contribution in [0.15, 0.2) is 6.07 Å². The number of ether oxygens (including phenoxy) is 1. The SMILES string of the molecule is COCc1nc(N)cc(N(C)CC2(O)CCCC2)n1. The van der Waals surface area contributed by atoms with E-state index in [0.717, 1.165) is 31.5 Å². The molecule has 0 bridgehead atoms. The Morgan fingerprint density at radius 2 is 2.11 bits per heavy atom. The molecule has 6 nitrogen and oxygen atoms in total. The summed E-state index contributed by atoms with van der Waals surface area (Å²) in [6.07, 6.45) is 3.88. The third-order valence-corrected chi connectivity index (χ3v) is 3.51. The largest absolute Gasteiger partial charge is 0.388 e. The highest BCUT2D eigenvalue weighted by atomic mass is 16.5. The van der Waals surface area contributed by atoms with Crippen LogP contribution in [-0.4, -0.2) is 41.4 Å². The predicted molar refractivity (Wildman–Crippen MR) is 73.8 cm³/mol. The molecule has 2 rings (SSSR count). The molecule has 1 heterocycles. The summed E-state index contributed by atoms with van der Waals surface area (Å²) >= 11 is 0. The van der Waals surface area contributed by atoms with Gasteiger partial charge in [-0.1, -0.05) is 12.8 Å². The monoisotopic (exact) mass is 266 g/mol. The van der Waals surface area contributed by atoms with Gasteiger partial charge in [0.05, 0.1) is 5.60 Å². The van der Waals surface area contributed by atoms with E-state index in [4.69, 9.17) is 10.5 Å². The van der Waals surface area contributed by atoms with Crippen LogP contribution >= 0.6 is 0 Å². The number of hydrogen-bond acceptors (Lipinski definition) is 6. The normalized spacial score (nSPS) is 17.6. The van der Waals surface area contributed by atoms with E-state index >= 15 is 0 Å². The predicted octanol–water partition coefficient (Wildman–Crippen LogP) is 0.946. The number of nitrogens with zero attached hydrogens (tertiary/aromatic N) is 3. The molecule has 0 amide bonds. The number of nitrogens with two attached hydrogens (primary N) is 1. The van der Waals surface area contributed by atoms with Crippen LogP contribution in [0.1, 0.15) is 31.5 Å². The standard InChI is InChI=1S/C13H22N4O2/c1-17(9-13(18)5-3-4-6-13)12-7-10(14)15-11(16-12)8-19-2/h7,18H,3-6,8-9H2,1-2H3,(H2,14,15,16). The van der Waals surface area contributed by atoms with E-state index in [1.54, 1.807) is 13.2 Å². The third-order valence-electron chi connectivity index (χ3n) is 3.51. The maximum absolute atomic E-state index is 10.4. The van der Waals surface area contributed by atoms with Crippen molar-refractivity contribution in [2.75, 3.05) is 31.3 Å². The summed E-state index contributed by atoms with van der Waals surface area (Å²) in [7, 11) is 3.51. The number of aliphatic hydroxyl groups is 1. The molecule has 3 N–H and O–H groups in total. The van der Waals surface area contributed by atoms with Gasteiger partial charge in [0.15, 0.2) is 5.82 Å². The average Bonchev–Trinajstić information content (AvgIpc) is 2.75. The first kappa shape index (κ1) is 14.0. The van der Waals surface area contributed by atoms with Crippen LogP contribution in [0.4, 0.5) is 11.6 Å². The van der Waals surface area contributed by atoms with Crippen LogP contribution < -0.4 is 10.6 Å². The van der Waals surface area contributed by atoms with Crippen LogP contribution in [0.3, 0.4) is 0 Å². The fourth-order valence-electron chi connectivity index (χ4n) is 2.61. The van der Waals surface area contributed by atoms with Crippen molar-refractivity contribution in [2.24, 2.45) is 0 Å². The van der Waals surface area contributed by atoms with Crippen molar-refractivity contribution >= 4 is 11.6 Å². The summed E-state index contributed by atoms with van der Waals surface area (Å²) in [5.74, 6) is 1.70. The maximum Gasteiger partial charge on any atom is 0.158 e. The zero-order valence-electron chi connectivity index (χ0n) is 11.6. The highest BCUT2D eigenvalue weighted by Crippen LogP contribution is 2.31. The number of aromatic nitrogens is 2. The van der Waals surface area contributed by atoms with Gasteiger partial charge in [-0.3, -0.25) is 0 Å². The molecular weight excluding hydrogens is 244 g/mol. The summed E-state index contributed by atoms with van der Waals surface area (Å²) in [6, 6.07) is 1.72. The molecule has 1 aromatic heterocycles. The molecule has 1 aromatic rings. The molecule has 106 valence electrons. The number of likely N-dealkylation sites (N-methyl/N-ethyl adjacent to an activating group) is 1. The Bertz CT molecular complexity index is 433. The van der Waals surface area contributed by atoms with Crippen molar-refractivity contribution in [3.63, 3.8) is 0 Å². The fourth-order valence-corrected chi connectivity index (χ4v) is 2.61. The summed E-state index contributed by atoms with van der Waals surface area (Å²) in [5.41, 5.74) is 5.17. The summed E-state index contributed by atoms with van der Waals surface area (Å²) in [6.45, 7) is 0.895. The second-order valence-electron chi connectivity index (χ2n) is 5.29. The number of anilines is 2. The van der Waals surface area contributed by atoms with Gasteiger partial charge >= 0.3 is 0 Å². The topological polar surface area (TPSA) is 84.5 Å². The van der Waals surface area contributed by atoms with E-state index in [9.17, 15) is 5.11 Å². The summed E-state index contributed by atoms with van der Waals surface area (Å²) in [4.78, 5) is 10.4. The summed E-state index contributed by atoms with van der Waals surface area (Å²) in [5, 5.41) is 10.4. The molecule has 1 aliphatic carbocycles. The van der Waals surface area contributed by atoms with Crippen molar-refractivity contribution < 1.29 is 9.84 Å². The molecule has 0 atom stereocenters. The molecule has 1 saturated carbocycles. The fraction of sp³-hybridized carbons (Fsp3) is 0.692. The van der Waals surface area contributed by atoms with E-state index in [0.29, 0.717) is 24.8 Å². The first-order valence-electron chi connectivity index (χ1n) is 6.58. The average molecular weight is 266 g/mol. The molecule has 0 unspecified atom stereocenters. The maximum atomic E-state index is 10.4. The van der Waals surface area contributed by atoms with Crippen LogP contribution in [0.2, 0.25) is 0 Å². The minimum absolute atomic E-state index is 0.330. The molecule has 0 saturated heterocycles. The number of methoxy groups -OCH3 is 1. The lowest BCUT2D eigenvalue weighted by Gasteiger charge is -2.29. The van der Waals surface area contributed by atoms with E-state index in [2.05, 4.69) is 9.97 Å². The Hall–Kier alpha value is -1.40. The first-order chi connectivity index (χ1) is 9.02. The van der Waals surface area contributed by atoms with E-state index in [1.165, 1.54) is 0 Å². The van der Waals surface area contributed by atoms with Crippen molar-refractivity contribution in [2.45, 2.75) is 37.9 Å². The lowest BCUT2D eigenvalue weighted by atomic mass is 10.0. The van der Waals surface area contributed by atoms with Gasteiger partial charge in [-0.15, -0.1) is 0 Å². The Kier molecular flexibility index (Phi) is 4.21. The number of rotatable bonds is 5. The highest BCUT2D eigenvalue weighted by Gasteiger charge is 2.32. The second kappa shape index (κ2) is 5.71. The van der Waals surface area contributed by atoms with Gasteiger partial charge in [-0.2, -0.15) is 0 Å². The molecule has 0 aromatic carbocycles. The minimum Gasteiger partial charge on any atom is -0.388 e. The van der Waals surface area contributed by atoms with Crippen molar-refractivity contribution in [3.8, 4) is 0 Å². The third kappa shape index (κ3) is 3.54. The molecule has 6 heteroatoms. The number of hydrogen-bond donors (Lipinski definition) is 2. The Labute approximate surface area is 113 Å². The molecule has 1 fully saturated rings.